The van der Waals surface area contributed by atoms with Gasteiger partial charge >= 0.3 is 6.03 Å². The molecule has 0 aliphatic heterocycles. The smallest absolute Gasteiger partial charge is 0.319 e. The van der Waals surface area contributed by atoms with E-state index in [9.17, 15) is 13.6 Å². The number of amides is 2. The van der Waals surface area contributed by atoms with Gasteiger partial charge in [-0.25, -0.2) is 13.6 Å². The van der Waals surface area contributed by atoms with Crippen molar-refractivity contribution in [3.63, 3.8) is 0 Å². The number of carbonyl (C=O) groups is 1. The molecule has 0 heterocycles. The fourth-order valence-corrected chi connectivity index (χ4v) is 2.87. The maximum absolute atomic E-state index is 13.4. The Bertz CT molecular complexity index is 730. The molecule has 7 heteroatoms. The van der Waals surface area contributed by atoms with E-state index in [1.54, 1.807) is 0 Å². The fraction of sp³-hybridized carbons (Fsp3) is 0.235. The largest absolute Gasteiger partial charge is 0.489 e. The van der Waals surface area contributed by atoms with Crippen molar-refractivity contribution in [1.82, 2.24) is 5.32 Å². The Morgan fingerprint density at radius 2 is 1.83 bits per heavy atom. The van der Waals surface area contributed by atoms with Gasteiger partial charge in [-0.15, -0.1) is 0 Å². The molecule has 0 saturated carbocycles. The highest BCUT2D eigenvalue weighted by molar-refractivity contribution is 9.10. The zero-order valence-corrected chi connectivity index (χ0v) is 14.8. The van der Waals surface area contributed by atoms with Crippen LogP contribution in [0.2, 0.25) is 0 Å². The van der Waals surface area contributed by atoms with Crippen molar-refractivity contribution in [3.05, 3.63) is 57.6 Å². The molecule has 0 bridgehead atoms. The molecule has 2 rings (SSSR count). The summed E-state index contributed by atoms with van der Waals surface area (Å²) in [7, 11) is 0. The number of aryl methyl sites for hydroxylation is 2. The Morgan fingerprint density at radius 1 is 1.17 bits per heavy atom. The minimum Gasteiger partial charge on any atom is -0.489 e. The summed E-state index contributed by atoms with van der Waals surface area (Å²) in [5, 5.41) is 5.39. The van der Waals surface area contributed by atoms with Gasteiger partial charge in [0.2, 0.25) is 0 Å². The number of urea groups is 1. The molecule has 0 radical (unpaired) electrons. The molecule has 2 N–H and O–H groups in total. The number of hydrogen-bond donors (Lipinski definition) is 2. The van der Waals surface area contributed by atoms with Gasteiger partial charge in [-0.05, 0) is 49.2 Å². The highest BCUT2D eigenvalue weighted by atomic mass is 79.9. The number of anilines is 1. The highest BCUT2D eigenvalue weighted by Gasteiger charge is 2.09. The van der Waals surface area contributed by atoms with Crippen molar-refractivity contribution in [3.8, 4) is 5.75 Å². The minimum atomic E-state index is -0.777. The second-order valence-corrected chi connectivity index (χ2v) is 6.13. The normalized spacial score (nSPS) is 10.4. The Balaban J connectivity index is 1.82. The summed E-state index contributed by atoms with van der Waals surface area (Å²) in [6.45, 7) is 4.03. The second-order valence-electron chi connectivity index (χ2n) is 5.22. The van der Waals surface area contributed by atoms with Gasteiger partial charge in [-0.2, -0.15) is 0 Å². The summed E-state index contributed by atoms with van der Waals surface area (Å²) in [4.78, 5) is 11.9. The predicted molar refractivity (Wildman–Crippen MR) is 92.5 cm³/mol. The molecule has 0 aliphatic rings. The van der Waals surface area contributed by atoms with Gasteiger partial charge in [0, 0.05) is 16.2 Å². The van der Waals surface area contributed by atoms with Gasteiger partial charge < -0.3 is 15.4 Å². The standard InChI is InChI=1S/C17H17BrF2N2O2/c1-10-7-12(18)8-11(2)16(10)22-17(23)21-5-6-24-15-4-3-13(19)9-14(15)20/h3-4,7-9H,5-6H2,1-2H3,(H2,21,22,23). The van der Waals surface area contributed by atoms with Crippen LogP contribution in [0.15, 0.2) is 34.8 Å². The number of hydrogen-bond acceptors (Lipinski definition) is 2. The van der Waals surface area contributed by atoms with Crippen molar-refractivity contribution in [2.24, 2.45) is 0 Å². The third-order valence-corrected chi connectivity index (χ3v) is 3.73. The zero-order valence-electron chi connectivity index (χ0n) is 13.3. The lowest BCUT2D eigenvalue weighted by atomic mass is 10.1. The van der Waals surface area contributed by atoms with Crippen LogP contribution in [0, 0.1) is 25.5 Å². The summed E-state index contributed by atoms with van der Waals surface area (Å²) in [6.07, 6.45) is 0. The molecule has 2 aromatic carbocycles. The van der Waals surface area contributed by atoms with Crippen LogP contribution in [-0.4, -0.2) is 19.2 Å². The van der Waals surface area contributed by atoms with Crippen LogP contribution in [0.25, 0.3) is 0 Å². The zero-order chi connectivity index (χ0) is 17.7. The summed E-state index contributed by atoms with van der Waals surface area (Å²) >= 11 is 3.40. The lowest BCUT2D eigenvalue weighted by molar-refractivity contribution is 0.246. The molecule has 0 atom stereocenters. The predicted octanol–water partition coefficient (Wildman–Crippen LogP) is 4.54. The number of ether oxygens (including phenoxy) is 1. The third kappa shape index (κ3) is 4.92. The first-order chi connectivity index (χ1) is 11.4. The fourth-order valence-electron chi connectivity index (χ4n) is 2.18. The van der Waals surface area contributed by atoms with Gasteiger partial charge in [0.1, 0.15) is 12.4 Å². The van der Waals surface area contributed by atoms with Crippen LogP contribution in [0.1, 0.15) is 11.1 Å². The van der Waals surface area contributed by atoms with Crippen LogP contribution in [-0.2, 0) is 0 Å². The van der Waals surface area contributed by atoms with Crippen LogP contribution in [0.5, 0.6) is 5.75 Å². The van der Waals surface area contributed by atoms with Crippen molar-refractivity contribution in [2.45, 2.75) is 13.8 Å². The molecule has 0 aromatic heterocycles. The summed E-state index contributed by atoms with van der Waals surface area (Å²) in [6, 6.07) is 6.49. The Morgan fingerprint density at radius 3 is 2.46 bits per heavy atom. The quantitative estimate of drug-likeness (QED) is 0.726. The van der Waals surface area contributed by atoms with Crippen molar-refractivity contribution >= 4 is 27.6 Å². The van der Waals surface area contributed by atoms with E-state index in [2.05, 4.69) is 26.6 Å². The Kier molecular flexibility index (Phi) is 6.14. The van der Waals surface area contributed by atoms with E-state index in [0.717, 1.165) is 33.4 Å². The average Bonchev–Trinajstić information content (AvgIpc) is 2.49. The second kappa shape index (κ2) is 8.10. The van der Waals surface area contributed by atoms with E-state index in [1.165, 1.54) is 6.07 Å². The van der Waals surface area contributed by atoms with Gasteiger partial charge in [0.15, 0.2) is 11.6 Å². The molecule has 0 fully saturated rings. The van der Waals surface area contributed by atoms with Gasteiger partial charge in [0.05, 0.1) is 6.54 Å². The first-order valence-corrected chi connectivity index (χ1v) is 8.05. The molecule has 0 unspecified atom stereocenters. The van der Waals surface area contributed by atoms with Crippen molar-refractivity contribution < 1.29 is 18.3 Å². The first-order valence-electron chi connectivity index (χ1n) is 7.26. The van der Waals surface area contributed by atoms with Gasteiger partial charge in [-0.3, -0.25) is 0 Å². The molecular formula is C17H17BrF2N2O2. The number of rotatable bonds is 5. The molecule has 2 amide bonds. The van der Waals surface area contributed by atoms with Crippen LogP contribution in [0.3, 0.4) is 0 Å². The lowest BCUT2D eigenvalue weighted by Gasteiger charge is -2.13. The van der Waals surface area contributed by atoms with Crippen molar-refractivity contribution in [2.75, 3.05) is 18.5 Å². The van der Waals surface area contributed by atoms with E-state index in [-0.39, 0.29) is 24.9 Å². The summed E-state index contributed by atoms with van der Waals surface area (Å²) < 4.78 is 32.3. The van der Waals surface area contributed by atoms with E-state index in [1.807, 2.05) is 26.0 Å². The van der Waals surface area contributed by atoms with E-state index < -0.39 is 11.6 Å². The third-order valence-electron chi connectivity index (χ3n) is 3.28. The molecular weight excluding hydrogens is 382 g/mol. The Hall–Kier alpha value is -2.15. The molecule has 0 saturated heterocycles. The van der Waals surface area contributed by atoms with E-state index >= 15 is 0 Å². The Labute approximate surface area is 147 Å². The van der Waals surface area contributed by atoms with Crippen molar-refractivity contribution in [1.29, 1.82) is 0 Å². The van der Waals surface area contributed by atoms with E-state index in [4.69, 9.17) is 4.74 Å². The van der Waals surface area contributed by atoms with E-state index in [0.29, 0.717) is 0 Å². The van der Waals surface area contributed by atoms with Crippen LogP contribution >= 0.6 is 15.9 Å². The maximum atomic E-state index is 13.4. The monoisotopic (exact) mass is 398 g/mol. The van der Waals surface area contributed by atoms with Crippen LogP contribution in [0.4, 0.5) is 19.3 Å². The number of carbonyl (C=O) groups excluding carboxylic acids is 1. The van der Waals surface area contributed by atoms with Gasteiger partial charge in [-0.1, -0.05) is 15.9 Å². The number of nitrogens with one attached hydrogen (secondary N) is 2. The van der Waals surface area contributed by atoms with Crippen LogP contribution < -0.4 is 15.4 Å². The number of halogens is 3. The summed E-state index contributed by atoms with van der Waals surface area (Å²) in [5.74, 6) is -1.50. The van der Waals surface area contributed by atoms with Gasteiger partial charge in [0.25, 0.3) is 0 Å². The number of benzene rings is 2. The minimum absolute atomic E-state index is 0.0572. The first kappa shape index (κ1) is 18.2. The SMILES string of the molecule is Cc1cc(Br)cc(C)c1NC(=O)NCCOc1ccc(F)cc1F. The highest BCUT2D eigenvalue weighted by Crippen LogP contribution is 2.25. The molecule has 2 aromatic rings. The molecule has 24 heavy (non-hydrogen) atoms. The summed E-state index contributed by atoms with van der Waals surface area (Å²) in [5.41, 5.74) is 2.60. The molecule has 0 spiro atoms. The molecule has 4 nitrogen and oxygen atoms in total. The lowest BCUT2D eigenvalue weighted by Crippen LogP contribution is -2.32. The average molecular weight is 399 g/mol. The molecule has 128 valence electrons. The molecule has 0 aliphatic carbocycles. The maximum Gasteiger partial charge on any atom is 0.319 e. The topological polar surface area (TPSA) is 50.4 Å².